The third-order valence-electron chi connectivity index (χ3n) is 0.258. The normalized spacial score (nSPS) is 19.1. The van der Waals surface area contributed by atoms with Crippen LogP contribution in [0.15, 0.2) is 0 Å². The minimum atomic E-state index is -3.34. The van der Waals surface area contributed by atoms with Crippen LogP contribution < -0.4 is 9.86 Å². The number of rotatable bonds is 2. The molecule has 0 bridgehead atoms. The zero-order valence-corrected chi connectivity index (χ0v) is 7.08. The fraction of sp³-hybridized carbons (Fsp3) is 1.00. The Bertz CT molecular complexity index is 183. The van der Waals surface area contributed by atoms with Gasteiger partial charge in [-0.2, -0.15) is 9.11 Å². The average molecular weight is 213 g/mol. The Morgan fingerprint density at radius 3 is 2.11 bits per heavy atom. The van der Waals surface area contributed by atoms with Crippen molar-refractivity contribution in [3.05, 3.63) is 0 Å². The number of nitrogens with one attached hydrogen (secondary N) is 1. The van der Waals surface area contributed by atoms with Gasteiger partial charge < -0.3 is 0 Å². The molecule has 3 nitrogen and oxygen atoms in total. The van der Waals surface area contributed by atoms with Gasteiger partial charge in [0.25, 0.3) is 0 Å². The smallest absolute Gasteiger partial charge is 0.238 e. The Hall–Kier alpha value is 0.800. The van der Waals surface area contributed by atoms with Crippen LogP contribution in [0.2, 0.25) is 0 Å². The Morgan fingerprint density at radius 2 is 2.11 bits per heavy atom. The molecule has 9 heavy (non-hydrogen) atoms. The lowest BCUT2D eigenvalue weighted by Crippen LogP contribution is -2.39. The SMILES string of the molecule is NS(=O)(=S)NC(F)(Cl)Cl. The van der Waals surface area contributed by atoms with E-state index in [1.807, 2.05) is 0 Å². The molecule has 0 spiro atoms. The topological polar surface area (TPSA) is 55.1 Å². The van der Waals surface area contributed by atoms with E-state index in [0.29, 0.717) is 0 Å². The number of halogens is 3. The lowest BCUT2D eigenvalue weighted by Gasteiger charge is -2.09. The first kappa shape index (κ1) is 9.80. The molecule has 0 radical (unpaired) electrons. The maximum absolute atomic E-state index is 12.0. The highest BCUT2D eigenvalue weighted by molar-refractivity contribution is 8.30. The van der Waals surface area contributed by atoms with E-state index in [2.05, 4.69) is 39.5 Å². The van der Waals surface area contributed by atoms with E-state index in [0.717, 1.165) is 0 Å². The molecule has 0 saturated heterocycles. The molecule has 0 heterocycles. The van der Waals surface area contributed by atoms with Crippen LogP contribution in [-0.2, 0) is 20.1 Å². The van der Waals surface area contributed by atoms with Crippen LogP contribution in [0.3, 0.4) is 0 Å². The molecule has 0 rings (SSSR count). The third kappa shape index (κ3) is 8.80. The summed E-state index contributed by atoms with van der Waals surface area (Å²) in [4.78, 5) is 0. The number of alkyl halides is 3. The Balaban J connectivity index is 4.07. The molecule has 0 aromatic rings. The first-order valence-electron chi connectivity index (χ1n) is 1.59. The van der Waals surface area contributed by atoms with Gasteiger partial charge in [-0.25, -0.2) is 9.35 Å². The minimum absolute atomic E-state index is 1.44. The summed E-state index contributed by atoms with van der Waals surface area (Å²) in [5.41, 5.74) is 0. The predicted molar refractivity (Wildman–Crippen MR) is 38.4 cm³/mol. The second kappa shape index (κ2) is 2.81. The fourth-order valence-electron chi connectivity index (χ4n) is 0.161. The quantitative estimate of drug-likeness (QED) is 0.507. The summed E-state index contributed by atoms with van der Waals surface area (Å²) in [7, 11) is -3.34. The standard InChI is InChI=1S/CH3Cl2FN2OS2/c2-1(3,4)6-9(5,7)8/h6H,(H2,5,7,8). The summed E-state index contributed by atoms with van der Waals surface area (Å²) in [5, 5.41) is 4.64. The van der Waals surface area contributed by atoms with E-state index < -0.39 is 13.6 Å². The maximum Gasteiger partial charge on any atom is 0.325 e. The summed E-state index contributed by atoms with van der Waals surface area (Å²) in [5.74, 6) is 0. The second-order valence-electron chi connectivity index (χ2n) is 1.14. The first-order valence-corrected chi connectivity index (χ1v) is 4.89. The van der Waals surface area contributed by atoms with E-state index in [9.17, 15) is 8.60 Å². The van der Waals surface area contributed by atoms with E-state index in [4.69, 9.17) is 0 Å². The molecule has 0 aromatic carbocycles. The zero-order chi connectivity index (χ0) is 7.71. The fourth-order valence-corrected chi connectivity index (χ4v) is 1.79. The summed E-state index contributed by atoms with van der Waals surface area (Å²) < 4.78 is 20.9. The van der Waals surface area contributed by atoms with Crippen LogP contribution in [0.25, 0.3) is 0 Å². The Morgan fingerprint density at radius 1 is 1.78 bits per heavy atom. The van der Waals surface area contributed by atoms with Crippen molar-refractivity contribution in [1.29, 1.82) is 0 Å². The third-order valence-corrected chi connectivity index (χ3v) is 1.49. The Labute approximate surface area is 66.6 Å². The van der Waals surface area contributed by atoms with Gasteiger partial charge in [-0.3, -0.25) is 0 Å². The first-order chi connectivity index (χ1) is 3.71. The molecule has 8 heteroatoms. The van der Waals surface area contributed by atoms with Crippen molar-refractivity contribution in [3.8, 4) is 0 Å². The van der Waals surface area contributed by atoms with E-state index in [1.165, 1.54) is 4.72 Å². The number of nitrogens with two attached hydrogens (primary N) is 1. The Kier molecular flexibility index (Phi) is 3.06. The second-order valence-corrected chi connectivity index (χ2v) is 5.16. The number of hydrogen-bond acceptors (Lipinski definition) is 2. The van der Waals surface area contributed by atoms with Crippen molar-refractivity contribution in [3.63, 3.8) is 0 Å². The van der Waals surface area contributed by atoms with E-state index >= 15 is 0 Å². The molecule has 0 aliphatic heterocycles. The highest BCUT2D eigenvalue weighted by Crippen LogP contribution is 2.18. The van der Waals surface area contributed by atoms with Crippen molar-refractivity contribution in [2.24, 2.45) is 5.14 Å². The van der Waals surface area contributed by atoms with Gasteiger partial charge in [-0.15, -0.1) is 0 Å². The maximum atomic E-state index is 12.0. The van der Waals surface area contributed by atoms with Gasteiger partial charge in [-0.05, 0) is 23.2 Å². The largest absolute Gasteiger partial charge is 0.325 e. The molecule has 3 N–H and O–H groups in total. The molecular weight excluding hydrogens is 210 g/mol. The van der Waals surface area contributed by atoms with Crippen LogP contribution >= 0.6 is 23.2 Å². The van der Waals surface area contributed by atoms with E-state index in [-0.39, 0.29) is 0 Å². The molecule has 0 aliphatic carbocycles. The van der Waals surface area contributed by atoms with Crippen LogP contribution in [0.5, 0.6) is 0 Å². The van der Waals surface area contributed by atoms with Crippen molar-refractivity contribution in [2.45, 2.75) is 4.71 Å². The van der Waals surface area contributed by atoms with Crippen molar-refractivity contribution in [1.82, 2.24) is 4.72 Å². The van der Waals surface area contributed by atoms with Crippen molar-refractivity contribution < 1.29 is 8.60 Å². The van der Waals surface area contributed by atoms with Crippen molar-refractivity contribution >= 4 is 43.3 Å². The highest BCUT2D eigenvalue weighted by Gasteiger charge is 2.24. The van der Waals surface area contributed by atoms with Crippen LogP contribution in [0.4, 0.5) is 4.39 Å². The molecule has 0 aliphatic rings. The predicted octanol–water partition coefficient (Wildman–Crippen LogP) is 0.169. The molecule has 0 amide bonds. The summed E-state index contributed by atoms with van der Waals surface area (Å²) in [6, 6.07) is 0. The van der Waals surface area contributed by atoms with Gasteiger partial charge in [0.1, 0.15) is 0 Å². The van der Waals surface area contributed by atoms with Gasteiger partial charge in [0, 0.05) is 11.2 Å². The zero-order valence-electron chi connectivity index (χ0n) is 3.94. The molecule has 1 unspecified atom stereocenters. The summed E-state index contributed by atoms with van der Waals surface area (Å²) in [6.45, 7) is 0. The van der Waals surface area contributed by atoms with Gasteiger partial charge in [0.15, 0.2) is 8.86 Å². The lowest BCUT2D eigenvalue weighted by molar-refractivity contribution is 0.377. The minimum Gasteiger partial charge on any atom is -0.238 e. The molecule has 1 atom stereocenters. The number of hydrogen-bond donors (Lipinski definition) is 2. The van der Waals surface area contributed by atoms with Gasteiger partial charge in [-0.1, -0.05) is 0 Å². The summed E-state index contributed by atoms with van der Waals surface area (Å²) >= 11 is 13.4. The average Bonchev–Trinajstić information content (AvgIpc) is 1.14. The summed E-state index contributed by atoms with van der Waals surface area (Å²) in [6.07, 6.45) is 0. The van der Waals surface area contributed by atoms with Crippen molar-refractivity contribution in [2.75, 3.05) is 0 Å². The molecular formula is CH3Cl2FN2OS2. The van der Waals surface area contributed by atoms with Crippen LogP contribution in [0, 0.1) is 0 Å². The van der Waals surface area contributed by atoms with E-state index in [1.54, 1.807) is 0 Å². The molecule has 0 saturated carbocycles. The molecule has 0 fully saturated rings. The van der Waals surface area contributed by atoms with Gasteiger partial charge in [0.2, 0.25) is 0 Å². The highest BCUT2D eigenvalue weighted by atomic mass is 35.5. The monoisotopic (exact) mass is 212 g/mol. The van der Waals surface area contributed by atoms with Crippen LogP contribution in [0.1, 0.15) is 0 Å². The van der Waals surface area contributed by atoms with Crippen LogP contribution in [-0.4, -0.2) is 8.92 Å². The lowest BCUT2D eigenvalue weighted by atomic mass is 11.4. The molecule has 0 aromatic heterocycles. The van der Waals surface area contributed by atoms with Gasteiger partial charge >= 0.3 is 4.71 Å². The molecule has 56 valence electrons. The van der Waals surface area contributed by atoms with Gasteiger partial charge in [0.05, 0.1) is 0 Å².